The number of Topliss-reactive ketones (excluding diaryl/α,β-unsaturated/α-hetero) is 1. The zero-order valence-corrected chi connectivity index (χ0v) is 13.6. The number of oxime groups is 1. The van der Waals surface area contributed by atoms with Gasteiger partial charge in [0.05, 0.1) is 13.0 Å². The van der Waals surface area contributed by atoms with Crippen molar-refractivity contribution in [2.75, 3.05) is 6.61 Å². The van der Waals surface area contributed by atoms with Gasteiger partial charge in [-0.3, -0.25) is 9.78 Å². The Morgan fingerprint density at radius 2 is 2.04 bits per heavy atom. The average molecular weight is 326 g/mol. The first-order valence-electron chi connectivity index (χ1n) is 7.92. The van der Waals surface area contributed by atoms with Crippen molar-refractivity contribution in [2.24, 2.45) is 5.16 Å². The van der Waals surface area contributed by atoms with Crippen molar-refractivity contribution in [2.45, 2.75) is 32.3 Å². The first-order chi connectivity index (χ1) is 11.6. The molecular weight excluding hydrogens is 308 g/mol. The summed E-state index contributed by atoms with van der Waals surface area (Å²) in [5.74, 6) is -0.823. The molecule has 3 rings (SSSR count). The average Bonchev–Trinajstić information content (AvgIpc) is 3.07. The van der Waals surface area contributed by atoms with E-state index in [2.05, 4.69) is 10.1 Å². The molecule has 0 aliphatic carbocycles. The van der Waals surface area contributed by atoms with Crippen molar-refractivity contribution in [3.63, 3.8) is 0 Å². The van der Waals surface area contributed by atoms with Gasteiger partial charge in [0, 0.05) is 11.6 Å². The highest BCUT2D eigenvalue weighted by atomic mass is 16.7. The summed E-state index contributed by atoms with van der Waals surface area (Å²) in [6, 6.07) is 9.34. The number of ether oxygens (including phenoxy) is 1. The van der Waals surface area contributed by atoms with Gasteiger partial charge < -0.3 is 9.57 Å². The molecule has 1 aromatic heterocycles. The molecule has 124 valence electrons. The number of ketones is 1. The Kier molecular flexibility index (Phi) is 4.29. The zero-order chi connectivity index (χ0) is 17.2. The molecule has 1 aliphatic rings. The van der Waals surface area contributed by atoms with Crippen LogP contribution in [0.1, 0.15) is 37.2 Å². The van der Waals surface area contributed by atoms with E-state index in [0.717, 1.165) is 10.8 Å². The number of fused-ring (bicyclic) bond motifs is 1. The second-order valence-corrected chi connectivity index (χ2v) is 5.58. The lowest BCUT2D eigenvalue weighted by atomic mass is 9.91. The molecule has 0 saturated heterocycles. The van der Waals surface area contributed by atoms with Crippen LogP contribution in [0.25, 0.3) is 10.8 Å². The summed E-state index contributed by atoms with van der Waals surface area (Å²) in [6.07, 6.45) is 2.05. The van der Waals surface area contributed by atoms with Crippen molar-refractivity contribution in [3.05, 3.63) is 42.2 Å². The molecule has 0 spiro atoms. The van der Waals surface area contributed by atoms with E-state index in [1.807, 2.05) is 30.3 Å². The lowest BCUT2D eigenvalue weighted by Gasteiger charge is -2.22. The Morgan fingerprint density at radius 1 is 1.25 bits per heavy atom. The monoisotopic (exact) mass is 326 g/mol. The van der Waals surface area contributed by atoms with E-state index in [1.54, 1.807) is 20.0 Å². The number of esters is 1. The van der Waals surface area contributed by atoms with Gasteiger partial charge in [-0.15, -0.1) is 0 Å². The fraction of sp³-hybridized carbons (Fsp3) is 0.333. The molecule has 1 atom stereocenters. The molecule has 24 heavy (non-hydrogen) atoms. The summed E-state index contributed by atoms with van der Waals surface area (Å²) in [6.45, 7) is 3.78. The van der Waals surface area contributed by atoms with Crippen LogP contribution in [0.5, 0.6) is 0 Å². The maximum Gasteiger partial charge on any atom is 0.353 e. The predicted octanol–water partition coefficient (Wildman–Crippen LogP) is 2.91. The molecule has 0 N–H and O–H groups in total. The summed E-state index contributed by atoms with van der Waals surface area (Å²) in [7, 11) is 0. The van der Waals surface area contributed by atoms with Crippen LogP contribution in [-0.4, -0.2) is 34.7 Å². The Hall–Kier alpha value is -2.76. The van der Waals surface area contributed by atoms with Crippen LogP contribution in [-0.2, 0) is 14.4 Å². The molecule has 1 aromatic carbocycles. The molecule has 0 saturated carbocycles. The fourth-order valence-corrected chi connectivity index (χ4v) is 2.74. The van der Waals surface area contributed by atoms with Gasteiger partial charge >= 0.3 is 5.97 Å². The van der Waals surface area contributed by atoms with Gasteiger partial charge in [-0.2, -0.15) is 0 Å². The molecule has 2 aromatic rings. The number of benzene rings is 1. The van der Waals surface area contributed by atoms with E-state index in [4.69, 9.17) is 9.57 Å². The van der Waals surface area contributed by atoms with Crippen LogP contribution in [0.2, 0.25) is 0 Å². The SMILES string of the molecule is CCOC(=O)C1(CC)CC(C(=O)c2nccc3ccccc23)=NO1. The highest BCUT2D eigenvalue weighted by Crippen LogP contribution is 2.31. The topological polar surface area (TPSA) is 77.9 Å². The van der Waals surface area contributed by atoms with Crippen molar-refractivity contribution in [1.82, 2.24) is 4.98 Å². The van der Waals surface area contributed by atoms with E-state index >= 15 is 0 Å². The highest BCUT2D eigenvalue weighted by Gasteiger charge is 2.48. The summed E-state index contributed by atoms with van der Waals surface area (Å²) in [5, 5.41) is 5.54. The summed E-state index contributed by atoms with van der Waals surface area (Å²) >= 11 is 0. The Morgan fingerprint density at radius 3 is 2.79 bits per heavy atom. The van der Waals surface area contributed by atoms with Crippen LogP contribution >= 0.6 is 0 Å². The number of carbonyl (C=O) groups excluding carboxylic acids is 2. The molecule has 0 fully saturated rings. The molecular formula is C18H18N2O4. The summed E-state index contributed by atoms with van der Waals surface area (Å²) < 4.78 is 5.06. The number of hydrogen-bond donors (Lipinski definition) is 0. The van der Waals surface area contributed by atoms with Gasteiger partial charge in [-0.1, -0.05) is 36.3 Å². The number of pyridine rings is 1. The second-order valence-electron chi connectivity index (χ2n) is 5.58. The van der Waals surface area contributed by atoms with E-state index in [0.29, 0.717) is 12.1 Å². The maximum absolute atomic E-state index is 12.8. The molecule has 6 nitrogen and oxygen atoms in total. The Labute approximate surface area is 139 Å². The van der Waals surface area contributed by atoms with Gasteiger partial charge in [0.2, 0.25) is 11.4 Å². The predicted molar refractivity (Wildman–Crippen MR) is 88.9 cm³/mol. The standard InChI is InChI=1S/C18H18N2O4/c1-3-18(17(22)23-4-2)11-14(20-24-18)16(21)15-13-8-6-5-7-12(13)9-10-19-15/h5-10H,3-4,11H2,1-2H3. The van der Waals surface area contributed by atoms with Gasteiger partial charge in [0.25, 0.3) is 0 Å². The second kappa shape index (κ2) is 6.39. The zero-order valence-electron chi connectivity index (χ0n) is 13.6. The minimum atomic E-state index is -1.22. The molecule has 6 heteroatoms. The molecule has 1 unspecified atom stereocenters. The third-order valence-corrected chi connectivity index (χ3v) is 4.15. The molecule has 0 bridgehead atoms. The van der Waals surface area contributed by atoms with Gasteiger partial charge in [-0.25, -0.2) is 4.79 Å². The molecule has 0 amide bonds. The summed E-state index contributed by atoms with van der Waals surface area (Å²) in [4.78, 5) is 34.5. The first kappa shape index (κ1) is 16.1. The number of carbonyl (C=O) groups is 2. The summed E-state index contributed by atoms with van der Waals surface area (Å²) in [5.41, 5.74) is -0.717. The van der Waals surface area contributed by atoms with Crippen LogP contribution in [0, 0.1) is 0 Å². The third-order valence-electron chi connectivity index (χ3n) is 4.15. The maximum atomic E-state index is 12.8. The van der Waals surface area contributed by atoms with E-state index in [1.165, 1.54) is 0 Å². The number of aromatic nitrogens is 1. The smallest absolute Gasteiger partial charge is 0.353 e. The lowest BCUT2D eigenvalue weighted by Crippen LogP contribution is -2.40. The van der Waals surface area contributed by atoms with Crippen molar-refractivity contribution >= 4 is 28.2 Å². The molecule has 1 aliphatic heterocycles. The van der Waals surface area contributed by atoms with Crippen LogP contribution < -0.4 is 0 Å². The molecule has 2 heterocycles. The lowest BCUT2D eigenvalue weighted by molar-refractivity contribution is -0.169. The van der Waals surface area contributed by atoms with E-state index < -0.39 is 11.6 Å². The fourth-order valence-electron chi connectivity index (χ4n) is 2.74. The van der Waals surface area contributed by atoms with Crippen LogP contribution in [0.3, 0.4) is 0 Å². The normalized spacial score (nSPS) is 19.7. The third kappa shape index (κ3) is 2.64. The van der Waals surface area contributed by atoms with Gasteiger partial charge in [0.1, 0.15) is 11.4 Å². The van der Waals surface area contributed by atoms with Crippen LogP contribution in [0.15, 0.2) is 41.7 Å². The van der Waals surface area contributed by atoms with Crippen molar-refractivity contribution < 1.29 is 19.2 Å². The number of hydrogen-bond acceptors (Lipinski definition) is 6. The van der Waals surface area contributed by atoms with E-state index in [9.17, 15) is 9.59 Å². The minimum Gasteiger partial charge on any atom is -0.463 e. The number of nitrogens with zero attached hydrogens (tertiary/aromatic N) is 2. The highest BCUT2D eigenvalue weighted by molar-refractivity contribution is 6.47. The largest absolute Gasteiger partial charge is 0.463 e. The van der Waals surface area contributed by atoms with Crippen LogP contribution in [0.4, 0.5) is 0 Å². The minimum absolute atomic E-state index is 0.0894. The number of rotatable bonds is 5. The van der Waals surface area contributed by atoms with Crippen molar-refractivity contribution in [1.29, 1.82) is 0 Å². The van der Waals surface area contributed by atoms with Gasteiger partial charge in [-0.05, 0) is 24.8 Å². The first-order valence-corrected chi connectivity index (χ1v) is 7.92. The molecule has 0 radical (unpaired) electrons. The van der Waals surface area contributed by atoms with Gasteiger partial charge in [0.15, 0.2) is 0 Å². The Bertz CT molecular complexity index is 825. The van der Waals surface area contributed by atoms with E-state index in [-0.39, 0.29) is 24.5 Å². The van der Waals surface area contributed by atoms with Crippen molar-refractivity contribution in [3.8, 4) is 0 Å². The quantitative estimate of drug-likeness (QED) is 0.623. The Balaban J connectivity index is 1.90.